The first-order chi connectivity index (χ1) is 9.45. The molecule has 108 valence electrons. The molecular weight excluding hydrogens is 278 g/mol. The molecule has 0 saturated heterocycles. The Bertz CT molecular complexity index is 692. The van der Waals surface area contributed by atoms with E-state index in [1.54, 1.807) is 0 Å². The Morgan fingerprint density at radius 1 is 1.30 bits per heavy atom. The molecule has 6 nitrogen and oxygen atoms in total. The summed E-state index contributed by atoms with van der Waals surface area (Å²) in [6.45, 7) is -0.0386. The van der Waals surface area contributed by atoms with Gasteiger partial charge >= 0.3 is 10.2 Å². The van der Waals surface area contributed by atoms with Crippen LogP contribution in [0.15, 0.2) is 36.8 Å². The van der Waals surface area contributed by atoms with Gasteiger partial charge in [0.15, 0.2) is 0 Å². The van der Waals surface area contributed by atoms with Crippen molar-refractivity contribution in [2.24, 2.45) is 0 Å². The van der Waals surface area contributed by atoms with Gasteiger partial charge in [-0.15, -0.1) is 0 Å². The van der Waals surface area contributed by atoms with Gasteiger partial charge < -0.3 is 5.11 Å². The topological polar surface area (TPSA) is 75.4 Å². The van der Waals surface area contributed by atoms with Crippen LogP contribution in [0.2, 0.25) is 0 Å². The van der Waals surface area contributed by atoms with E-state index in [1.165, 1.54) is 30.6 Å². The first-order valence-electron chi connectivity index (χ1n) is 6.08. The molecule has 1 aromatic heterocycles. The van der Waals surface area contributed by atoms with E-state index in [1.807, 2.05) is 24.3 Å². The van der Waals surface area contributed by atoms with Crippen molar-refractivity contribution >= 4 is 10.2 Å². The highest BCUT2D eigenvalue weighted by Gasteiger charge is 2.19. The molecule has 0 bridgehead atoms. The van der Waals surface area contributed by atoms with Crippen LogP contribution in [0.3, 0.4) is 0 Å². The highest BCUT2D eigenvalue weighted by molar-refractivity contribution is 7.87. The maximum atomic E-state index is 12.1. The molecule has 0 unspecified atom stereocenters. The molecule has 0 atom stereocenters. The predicted octanol–water partition coefficient (Wildman–Crippen LogP) is 0.621. The first-order valence-corrected chi connectivity index (χ1v) is 7.48. The van der Waals surface area contributed by atoms with Gasteiger partial charge in [0.1, 0.15) is 6.33 Å². The fourth-order valence-corrected chi connectivity index (χ4v) is 2.80. The summed E-state index contributed by atoms with van der Waals surface area (Å²) in [7, 11) is -0.607. The Morgan fingerprint density at radius 2 is 2.00 bits per heavy atom. The zero-order chi connectivity index (χ0) is 14.8. The molecule has 1 heterocycles. The van der Waals surface area contributed by atoms with Crippen molar-refractivity contribution in [2.75, 3.05) is 14.1 Å². The van der Waals surface area contributed by atoms with Crippen LogP contribution in [0.1, 0.15) is 16.8 Å². The van der Waals surface area contributed by atoms with E-state index in [9.17, 15) is 8.42 Å². The minimum atomic E-state index is -3.56. The maximum Gasteiger partial charge on any atom is 0.308 e. The molecule has 7 heteroatoms. The Hall–Kier alpha value is -1.70. The molecule has 1 N–H and O–H groups in total. The third kappa shape index (κ3) is 2.90. The van der Waals surface area contributed by atoms with Crippen molar-refractivity contribution in [1.82, 2.24) is 13.3 Å². The standard InChI is InChI=1S/C13H17N3O3S/c1-15(2)20(18,19)16-10-14-8-13(16)7-11-4-3-5-12(6-11)9-17/h3-6,8,10,17H,7,9H2,1-2H3. The number of nitrogens with zero attached hydrogens (tertiary/aromatic N) is 3. The number of benzene rings is 1. The molecule has 2 rings (SSSR count). The molecule has 0 aliphatic heterocycles. The highest BCUT2D eigenvalue weighted by atomic mass is 32.2. The molecule has 0 saturated carbocycles. The van der Waals surface area contributed by atoms with Gasteiger partial charge in [0.25, 0.3) is 0 Å². The summed E-state index contributed by atoms with van der Waals surface area (Å²) in [5.41, 5.74) is 2.30. The van der Waals surface area contributed by atoms with Crippen molar-refractivity contribution in [2.45, 2.75) is 13.0 Å². The molecule has 0 fully saturated rings. The zero-order valence-corrected chi connectivity index (χ0v) is 12.2. The average molecular weight is 295 g/mol. The van der Waals surface area contributed by atoms with Gasteiger partial charge in [-0.05, 0) is 11.1 Å². The lowest BCUT2D eigenvalue weighted by Gasteiger charge is -2.14. The SMILES string of the molecule is CN(C)S(=O)(=O)n1cncc1Cc1cccc(CO)c1. The molecule has 0 aliphatic rings. The Labute approximate surface area is 118 Å². The molecule has 20 heavy (non-hydrogen) atoms. The molecule has 0 aliphatic carbocycles. The fraction of sp³-hybridized carbons (Fsp3) is 0.308. The van der Waals surface area contributed by atoms with Gasteiger partial charge in [-0.2, -0.15) is 12.7 Å². The lowest BCUT2D eigenvalue weighted by molar-refractivity contribution is 0.281. The van der Waals surface area contributed by atoms with Crippen LogP contribution in [0.5, 0.6) is 0 Å². The monoisotopic (exact) mass is 295 g/mol. The van der Waals surface area contributed by atoms with Gasteiger partial charge in [0, 0.05) is 26.7 Å². The van der Waals surface area contributed by atoms with Crippen LogP contribution in [0.25, 0.3) is 0 Å². The third-order valence-electron chi connectivity index (χ3n) is 2.95. The fourth-order valence-electron chi connectivity index (χ4n) is 1.87. The van der Waals surface area contributed by atoms with Crippen LogP contribution in [0, 0.1) is 0 Å². The number of aromatic nitrogens is 2. The summed E-state index contributed by atoms with van der Waals surface area (Å²) in [6.07, 6.45) is 3.26. The highest BCUT2D eigenvalue weighted by Crippen LogP contribution is 2.14. The second kappa shape index (κ2) is 5.74. The zero-order valence-electron chi connectivity index (χ0n) is 11.4. The second-order valence-electron chi connectivity index (χ2n) is 4.63. The summed E-state index contributed by atoms with van der Waals surface area (Å²) >= 11 is 0. The van der Waals surface area contributed by atoms with E-state index >= 15 is 0 Å². The predicted molar refractivity (Wildman–Crippen MR) is 75.4 cm³/mol. The van der Waals surface area contributed by atoms with E-state index in [-0.39, 0.29) is 6.61 Å². The lowest BCUT2D eigenvalue weighted by atomic mass is 10.1. The van der Waals surface area contributed by atoms with Crippen molar-refractivity contribution in [3.63, 3.8) is 0 Å². The smallest absolute Gasteiger partial charge is 0.308 e. The molecular formula is C13H17N3O3S. The number of hydrogen-bond donors (Lipinski definition) is 1. The van der Waals surface area contributed by atoms with Crippen LogP contribution in [-0.2, 0) is 23.2 Å². The summed E-state index contributed by atoms with van der Waals surface area (Å²) in [5.74, 6) is 0. The van der Waals surface area contributed by atoms with E-state index in [2.05, 4.69) is 4.98 Å². The molecule has 0 spiro atoms. The Balaban J connectivity index is 2.34. The number of aliphatic hydroxyl groups is 1. The Kier molecular flexibility index (Phi) is 4.22. The van der Waals surface area contributed by atoms with Gasteiger partial charge in [0.05, 0.1) is 12.3 Å². The van der Waals surface area contributed by atoms with Gasteiger partial charge in [0.2, 0.25) is 0 Å². The number of aliphatic hydroxyl groups excluding tert-OH is 1. The van der Waals surface area contributed by atoms with Crippen LogP contribution in [-0.4, -0.2) is 40.9 Å². The van der Waals surface area contributed by atoms with Gasteiger partial charge in [-0.25, -0.2) is 8.96 Å². The van der Waals surface area contributed by atoms with Crippen LogP contribution < -0.4 is 0 Å². The summed E-state index contributed by atoms with van der Waals surface area (Å²) < 4.78 is 26.6. The number of hydrogen-bond acceptors (Lipinski definition) is 4. The number of imidazole rings is 1. The maximum absolute atomic E-state index is 12.1. The van der Waals surface area contributed by atoms with Crippen molar-refractivity contribution in [3.05, 3.63) is 53.6 Å². The van der Waals surface area contributed by atoms with E-state index in [0.29, 0.717) is 12.1 Å². The lowest BCUT2D eigenvalue weighted by Crippen LogP contribution is -2.29. The van der Waals surface area contributed by atoms with Crippen molar-refractivity contribution in [1.29, 1.82) is 0 Å². The molecule has 0 radical (unpaired) electrons. The van der Waals surface area contributed by atoms with Crippen molar-refractivity contribution in [3.8, 4) is 0 Å². The minimum absolute atomic E-state index is 0.0386. The normalized spacial score (nSPS) is 12.0. The quantitative estimate of drug-likeness (QED) is 0.877. The summed E-state index contributed by atoms with van der Waals surface area (Å²) in [4.78, 5) is 3.92. The largest absolute Gasteiger partial charge is 0.392 e. The van der Waals surface area contributed by atoms with Gasteiger partial charge in [-0.3, -0.25) is 0 Å². The van der Waals surface area contributed by atoms with E-state index < -0.39 is 10.2 Å². The average Bonchev–Trinajstić information content (AvgIpc) is 2.87. The first kappa shape index (κ1) is 14.7. The Morgan fingerprint density at radius 3 is 2.65 bits per heavy atom. The van der Waals surface area contributed by atoms with E-state index in [4.69, 9.17) is 5.11 Å². The van der Waals surface area contributed by atoms with E-state index in [0.717, 1.165) is 15.4 Å². The molecule has 1 aromatic carbocycles. The number of rotatable bonds is 5. The summed E-state index contributed by atoms with van der Waals surface area (Å²) in [6, 6.07) is 7.39. The third-order valence-corrected chi connectivity index (χ3v) is 4.70. The minimum Gasteiger partial charge on any atom is -0.392 e. The van der Waals surface area contributed by atoms with Gasteiger partial charge in [-0.1, -0.05) is 24.3 Å². The molecule has 0 amide bonds. The van der Waals surface area contributed by atoms with Crippen molar-refractivity contribution < 1.29 is 13.5 Å². The van der Waals surface area contributed by atoms with Crippen LogP contribution in [0.4, 0.5) is 0 Å². The van der Waals surface area contributed by atoms with Crippen LogP contribution >= 0.6 is 0 Å². The second-order valence-corrected chi connectivity index (χ2v) is 6.65. The molecule has 2 aromatic rings. The summed E-state index contributed by atoms with van der Waals surface area (Å²) in [5, 5.41) is 9.12.